The molecule has 0 spiro atoms. The number of pyridine rings is 1. The number of H-pyrrole nitrogens is 1. The van der Waals surface area contributed by atoms with Crippen molar-refractivity contribution in [1.82, 2.24) is 15.0 Å². The van der Waals surface area contributed by atoms with Crippen LogP contribution in [0, 0.1) is 0 Å². The van der Waals surface area contributed by atoms with Crippen molar-refractivity contribution in [2.24, 2.45) is 5.73 Å². The van der Waals surface area contributed by atoms with Crippen molar-refractivity contribution < 1.29 is 0 Å². The molecular formula is C14H18N4OS. The topological polar surface area (TPSA) is 84.7 Å². The van der Waals surface area contributed by atoms with Crippen LogP contribution < -0.4 is 11.3 Å². The molecule has 0 aliphatic carbocycles. The molecule has 0 fully saturated rings. The predicted octanol–water partition coefficient (Wildman–Crippen LogP) is 1.77. The number of aryl methyl sites for hydroxylation is 1. The van der Waals surface area contributed by atoms with E-state index in [4.69, 9.17) is 5.73 Å². The lowest BCUT2D eigenvalue weighted by molar-refractivity contribution is 0.815. The third kappa shape index (κ3) is 4.18. The van der Waals surface area contributed by atoms with Crippen molar-refractivity contribution in [3.05, 3.63) is 46.0 Å². The van der Waals surface area contributed by atoms with Gasteiger partial charge in [-0.1, -0.05) is 19.4 Å². The van der Waals surface area contributed by atoms with Crippen LogP contribution in [0.25, 0.3) is 0 Å². The quantitative estimate of drug-likeness (QED) is 0.792. The summed E-state index contributed by atoms with van der Waals surface area (Å²) < 4.78 is 0. The van der Waals surface area contributed by atoms with Gasteiger partial charge in [0.2, 0.25) is 0 Å². The molecule has 0 atom stereocenters. The maximum absolute atomic E-state index is 11.6. The van der Waals surface area contributed by atoms with Crippen molar-refractivity contribution >= 4 is 11.8 Å². The lowest BCUT2D eigenvalue weighted by Crippen LogP contribution is -2.10. The average Bonchev–Trinajstić information content (AvgIpc) is 2.41. The highest BCUT2D eigenvalue weighted by Crippen LogP contribution is 2.21. The summed E-state index contributed by atoms with van der Waals surface area (Å²) in [6, 6.07) is 5.46. The molecule has 0 radical (unpaired) electrons. The second-order valence-electron chi connectivity index (χ2n) is 4.44. The van der Waals surface area contributed by atoms with E-state index >= 15 is 0 Å². The molecule has 106 valence electrons. The van der Waals surface area contributed by atoms with Gasteiger partial charge >= 0.3 is 0 Å². The molecule has 0 saturated carbocycles. The SMILES string of the molecule is CCCc1cc(=O)[nH]c(Sc2ccc(CCN)cn2)n1. The molecule has 20 heavy (non-hydrogen) atoms. The van der Waals surface area contributed by atoms with Crippen molar-refractivity contribution in [3.8, 4) is 0 Å². The Hall–Kier alpha value is -1.66. The molecule has 0 aliphatic heterocycles. The van der Waals surface area contributed by atoms with Crippen LogP contribution in [0.5, 0.6) is 0 Å². The number of aromatic amines is 1. The van der Waals surface area contributed by atoms with E-state index in [1.165, 1.54) is 11.8 Å². The van der Waals surface area contributed by atoms with Crippen LogP contribution in [0.1, 0.15) is 24.6 Å². The van der Waals surface area contributed by atoms with Crippen LogP contribution in [-0.2, 0) is 12.8 Å². The Labute approximate surface area is 122 Å². The molecular weight excluding hydrogens is 272 g/mol. The van der Waals surface area contributed by atoms with E-state index in [9.17, 15) is 4.79 Å². The summed E-state index contributed by atoms with van der Waals surface area (Å²) in [7, 11) is 0. The highest BCUT2D eigenvalue weighted by atomic mass is 32.2. The summed E-state index contributed by atoms with van der Waals surface area (Å²) in [4.78, 5) is 23.1. The van der Waals surface area contributed by atoms with Crippen molar-refractivity contribution in [2.75, 3.05) is 6.54 Å². The molecule has 2 heterocycles. The normalized spacial score (nSPS) is 10.7. The van der Waals surface area contributed by atoms with Gasteiger partial charge in [-0.3, -0.25) is 4.79 Å². The monoisotopic (exact) mass is 290 g/mol. The largest absolute Gasteiger partial charge is 0.330 e. The second-order valence-corrected chi connectivity index (χ2v) is 5.45. The Bertz CT molecular complexity index is 609. The molecule has 2 aromatic rings. The zero-order valence-electron chi connectivity index (χ0n) is 11.4. The Morgan fingerprint density at radius 3 is 2.85 bits per heavy atom. The number of hydrogen-bond acceptors (Lipinski definition) is 5. The first-order chi connectivity index (χ1) is 9.71. The van der Waals surface area contributed by atoms with Crippen molar-refractivity contribution in [2.45, 2.75) is 36.4 Å². The Balaban J connectivity index is 2.14. The number of nitrogens with one attached hydrogen (secondary N) is 1. The van der Waals surface area contributed by atoms with Gasteiger partial charge in [0, 0.05) is 18.0 Å². The first-order valence-corrected chi connectivity index (χ1v) is 7.46. The van der Waals surface area contributed by atoms with Gasteiger partial charge in [0.15, 0.2) is 5.16 Å². The molecule has 6 heteroatoms. The maximum atomic E-state index is 11.6. The maximum Gasteiger partial charge on any atom is 0.251 e. The molecule has 0 aliphatic rings. The van der Waals surface area contributed by atoms with Gasteiger partial charge in [-0.05, 0) is 42.8 Å². The van der Waals surface area contributed by atoms with E-state index in [2.05, 4.69) is 21.9 Å². The molecule has 0 unspecified atom stereocenters. The van der Waals surface area contributed by atoms with Crippen LogP contribution in [0.15, 0.2) is 39.4 Å². The lowest BCUT2D eigenvalue weighted by atomic mass is 10.2. The van der Waals surface area contributed by atoms with Gasteiger partial charge in [-0.2, -0.15) is 0 Å². The van der Waals surface area contributed by atoms with E-state index in [0.717, 1.165) is 35.5 Å². The third-order valence-corrected chi connectivity index (χ3v) is 3.55. The minimum Gasteiger partial charge on any atom is -0.330 e. The first-order valence-electron chi connectivity index (χ1n) is 6.64. The Kier molecular flexibility index (Phi) is 5.31. The molecule has 0 bridgehead atoms. The summed E-state index contributed by atoms with van der Waals surface area (Å²) in [6.07, 6.45) is 4.40. The van der Waals surface area contributed by atoms with Crippen molar-refractivity contribution in [1.29, 1.82) is 0 Å². The number of nitrogens with zero attached hydrogens (tertiary/aromatic N) is 2. The highest BCUT2D eigenvalue weighted by molar-refractivity contribution is 7.99. The molecule has 0 amide bonds. The summed E-state index contributed by atoms with van der Waals surface area (Å²) in [5.41, 5.74) is 7.31. The number of hydrogen-bond donors (Lipinski definition) is 2. The van der Waals surface area contributed by atoms with Gasteiger partial charge in [-0.25, -0.2) is 9.97 Å². The van der Waals surface area contributed by atoms with Gasteiger partial charge in [-0.15, -0.1) is 0 Å². The minimum absolute atomic E-state index is 0.120. The number of rotatable bonds is 6. The Morgan fingerprint density at radius 1 is 1.35 bits per heavy atom. The zero-order chi connectivity index (χ0) is 14.4. The van der Waals surface area contributed by atoms with Crippen LogP contribution in [0.4, 0.5) is 0 Å². The lowest BCUT2D eigenvalue weighted by Gasteiger charge is -2.04. The van der Waals surface area contributed by atoms with Gasteiger partial charge in [0.1, 0.15) is 5.03 Å². The summed E-state index contributed by atoms with van der Waals surface area (Å²) in [5.74, 6) is 0. The van der Waals surface area contributed by atoms with Crippen LogP contribution in [-0.4, -0.2) is 21.5 Å². The highest BCUT2D eigenvalue weighted by Gasteiger charge is 2.04. The van der Waals surface area contributed by atoms with Gasteiger partial charge in [0.25, 0.3) is 5.56 Å². The van der Waals surface area contributed by atoms with E-state index in [1.54, 1.807) is 6.07 Å². The van der Waals surface area contributed by atoms with Crippen LogP contribution >= 0.6 is 11.8 Å². The van der Waals surface area contributed by atoms with Gasteiger partial charge in [0.05, 0.1) is 0 Å². The summed E-state index contributed by atoms with van der Waals surface area (Å²) in [5, 5.41) is 1.39. The average molecular weight is 290 g/mol. The zero-order valence-corrected chi connectivity index (χ0v) is 12.2. The fraction of sp³-hybridized carbons (Fsp3) is 0.357. The number of aromatic nitrogens is 3. The summed E-state index contributed by atoms with van der Waals surface area (Å²) in [6.45, 7) is 2.68. The molecule has 5 nitrogen and oxygen atoms in total. The smallest absolute Gasteiger partial charge is 0.251 e. The fourth-order valence-corrected chi connectivity index (χ4v) is 2.56. The number of nitrogens with two attached hydrogens (primary N) is 1. The fourth-order valence-electron chi connectivity index (χ4n) is 1.80. The molecule has 2 rings (SSSR count). The molecule has 2 aromatic heterocycles. The first kappa shape index (κ1) is 14.7. The van der Waals surface area contributed by atoms with E-state index in [-0.39, 0.29) is 5.56 Å². The molecule has 3 N–H and O–H groups in total. The predicted molar refractivity (Wildman–Crippen MR) is 80.0 cm³/mol. The van der Waals surface area contributed by atoms with Crippen LogP contribution in [0.2, 0.25) is 0 Å². The third-order valence-electron chi connectivity index (χ3n) is 2.71. The van der Waals surface area contributed by atoms with Crippen LogP contribution in [0.3, 0.4) is 0 Å². The van der Waals surface area contributed by atoms with E-state index in [0.29, 0.717) is 11.7 Å². The summed E-state index contributed by atoms with van der Waals surface area (Å²) >= 11 is 1.36. The molecule has 0 saturated heterocycles. The van der Waals surface area contributed by atoms with E-state index in [1.807, 2.05) is 18.3 Å². The van der Waals surface area contributed by atoms with Gasteiger partial charge < -0.3 is 10.7 Å². The molecule has 0 aromatic carbocycles. The second kappa shape index (κ2) is 7.21. The standard InChI is InChI=1S/C14H18N4OS/c1-2-3-11-8-12(19)18-14(17-11)20-13-5-4-10(6-7-15)9-16-13/h4-5,8-9H,2-3,6-7,15H2,1H3,(H,17,18,19). The van der Waals surface area contributed by atoms with Crippen molar-refractivity contribution in [3.63, 3.8) is 0 Å². The van der Waals surface area contributed by atoms with E-state index < -0.39 is 0 Å². The minimum atomic E-state index is -0.120. The Morgan fingerprint density at radius 2 is 2.20 bits per heavy atom.